The van der Waals surface area contributed by atoms with Gasteiger partial charge in [0.15, 0.2) is 6.29 Å². The van der Waals surface area contributed by atoms with Gasteiger partial charge in [-0.15, -0.1) is 0 Å². The van der Waals surface area contributed by atoms with Crippen LogP contribution < -0.4 is 4.74 Å². The molecule has 0 aromatic carbocycles. The molecule has 0 amide bonds. The molecule has 1 aromatic heterocycles. The van der Waals surface area contributed by atoms with Gasteiger partial charge in [-0.25, -0.2) is 4.98 Å². The summed E-state index contributed by atoms with van der Waals surface area (Å²) in [6.45, 7) is 2.09. The number of aryl methyl sites for hydroxylation is 1. The maximum Gasteiger partial charge on any atom is 0.236 e. The van der Waals surface area contributed by atoms with Crippen LogP contribution in [0.25, 0.3) is 0 Å². The molecule has 0 saturated carbocycles. The third kappa shape index (κ3) is 7.96. The third-order valence-electron chi connectivity index (χ3n) is 2.12. The van der Waals surface area contributed by atoms with Crippen LogP contribution in [0.15, 0.2) is 12.1 Å². The molecule has 1 heterocycles. The number of ether oxygens (including phenoxy) is 1. The second kappa shape index (κ2) is 9.49. The fraction of sp³-hybridized carbons (Fsp3) is 0.500. The zero-order valence-corrected chi connectivity index (χ0v) is 15.7. The molecule has 0 aliphatic carbocycles. The summed E-state index contributed by atoms with van der Waals surface area (Å²) in [5.41, 5.74) is 1.47. The summed E-state index contributed by atoms with van der Waals surface area (Å²) in [6.07, 6.45) is 2.69. The molecule has 0 N–H and O–H groups in total. The number of nitrogens with zero attached hydrogens (tertiary/aromatic N) is 1. The Labute approximate surface area is 153 Å². The molecule has 0 fully saturated rings. The molecule has 0 atom stereocenters. The number of pyridine rings is 1. The van der Waals surface area contributed by atoms with Crippen molar-refractivity contribution in [3.8, 4) is 5.88 Å². The highest BCUT2D eigenvalue weighted by molar-refractivity contribution is 6.83. The SMILES string of the molecule is CCCc1ccc(C=O)nc1OC.ClC(Cl)(Cl)C(Cl)(Cl)Cl. The highest BCUT2D eigenvalue weighted by Crippen LogP contribution is 2.48. The Morgan fingerprint density at radius 1 is 1.14 bits per heavy atom. The second-order valence-electron chi connectivity index (χ2n) is 3.77. The summed E-state index contributed by atoms with van der Waals surface area (Å²) in [5.74, 6) is 0.562. The smallest absolute Gasteiger partial charge is 0.236 e. The monoisotopic (exact) mass is 413 g/mol. The van der Waals surface area contributed by atoms with Crippen molar-refractivity contribution in [2.75, 3.05) is 7.11 Å². The Kier molecular flexibility index (Phi) is 9.65. The molecule has 0 radical (unpaired) electrons. The zero-order valence-electron chi connectivity index (χ0n) is 11.2. The first-order valence-corrected chi connectivity index (χ1v) is 7.96. The molecule has 0 unspecified atom stereocenters. The Morgan fingerprint density at radius 3 is 2.00 bits per heavy atom. The normalized spacial score (nSPS) is 11.4. The average molecular weight is 416 g/mol. The topological polar surface area (TPSA) is 39.2 Å². The van der Waals surface area contributed by atoms with E-state index >= 15 is 0 Å². The van der Waals surface area contributed by atoms with Gasteiger partial charge >= 0.3 is 0 Å². The Morgan fingerprint density at radius 2 is 1.67 bits per heavy atom. The molecule has 1 rings (SSSR count). The zero-order chi connectivity index (χ0) is 16.7. The van der Waals surface area contributed by atoms with Crippen molar-refractivity contribution in [1.29, 1.82) is 0 Å². The lowest BCUT2D eigenvalue weighted by Crippen LogP contribution is -2.23. The van der Waals surface area contributed by atoms with Crippen LogP contribution in [0.4, 0.5) is 0 Å². The van der Waals surface area contributed by atoms with E-state index in [1.54, 1.807) is 13.2 Å². The number of methoxy groups -OCH3 is 1. The van der Waals surface area contributed by atoms with E-state index in [-0.39, 0.29) is 0 Å². The van der Waals surface area contributed by atoms with Gasteiger partial charge in [-0.2, -0.15) is 0 Å². The quantitative estimate of drug-likeness (QED) is 0.475. The fourth-order valence-electron chi connectivity index (χ4n) is 1.19. The van der Waals surface area contributed by atoms with Crippen LogP contribution in [-0.2, 0) is 6.42 Å². The minimum Gasteiger partial charge on any atom is -0.481 e. The fourth-order valence-corrected chi connectivity index (χ4v) is 1.19. The third-order valence-corrected chi connectivity index (χ3v) is 4.69. The first-order chi connectivity index (χ1) is 9.56. The Balaban J connectivity index is 0.000000433. The second-order valence-corrected chi connectivity index (χ2v) is 8.33. The van der Waals surface area contributed by atoms with Crippen molar-refractivity contribution in [2.24, 2.45) is 0 Å². The number of carbonyl (C=O) groups excluding carboxylic acids is 1. The van der Waals surface area contributed by atoms with Crippen LogP contribution in [0.5, 0.6) is 5.88 Å². The van der Waals surface area contributed by atoms with Gasteiger partial charge in [0, 0.05) is 5.56 Å². The van der Waals surface area contributed by atoms with Crippen molar-refractivity contribution in [3.05, 3.63) is 23.4 Å². The van der Waals surface area contributed by atoms with E-state index in [0.29, 0.717) is 11.6 Å². The van der Waals surface area contributed by atoms with Crippen molar-refractivity contribution in [1.82, 2.24) is 4.98 Å². The summed E-state index contributed by atoms with van der Waals surface area (Å²) >= 11 is 30.9. The summed E-state index contributed by atoms with van der Waals surface area (Å²) in [5, 5.41) is 0. The van der Waals surface area contributed by atoms with Gasteiger partial charge in [0.2, 0.25) is 13.5 Å². The van der Waals surface area contributed by atoms with Gasteiger partial charge < -0.3 is 4.74 Å². The largest absolute Gasteiger partial charge is 0.481 e. The first kappa shape index (κ1) is 21.4. The molecule has 1 aromatic rings. The lowest BCUT2D eigenvalue weighted by Gasteiger charge is -2.19. The number of aldehydes is 1. The van der Waals surface area contributed by atoms with Crippen molar-refractivity contribution < 1.29 is 9.53 Å². The van der Waals surface area contributed by atoms with Gasteiger partial charge in [0.05, 0.1) is 7.11 Å². The van der Waals surface area contributed by atoms with E-state index in [2.05, 4.69) is 11.9 Å². The van der Waals surface area contributed by atoms with Crippen LogP contribution in [0.2, 0.25) is 0 Å². The van der Waals surface area contributed by atoms with E-state index in [0.717, 1.165) is 24.7 Å². The average Bonchev–Trinajstić information content (AvgIpc) is 2.38. The predicted octanol–water partition coefficient (Wildman–Crippen LogP) is 5.58. The molecule has 0 saturated heterocycles. The molecule has 0 bridgehead atoms. The molecule has 0 aliphatic rings. The molecule has 0 spiro atoms. The van der Waals surface area contributed by atoms with Gasteiger partial charge in [-0.05, 0) is 12.5 Å². The van der Waals surface area contributed by atoms with E-state index in [1.165, 1.54) is 0 Å². The lowest BCUT2D eigenvalue weighted by atomic mass is 10.1. The molecule has 3 nitrogen and oxygen atoms in total. The maximum atomic E-state index is 10.4. The van der Waals surface area contributed by atoms with Crippen LogP contribution in [0.1, 0.15) is 29.4 Å². The van der Waals surface area contributed by atoms with Gasteiger partial charge in [0.1, 0.15) is 5.69 Å². The maximum absolute atomic E-state index is 10.4. The first-order valence-electron chi connectivity index (χ1n) is 5.69. The van der Waals surface area contributed by atoms with Crippen LogP contribution in [0.3, 0.4) is 0 Å². The molecule has 21 heavy (non-hydrogen) atoms. The van der Waals surface area contributed by atoms with Crippen molar-refractivity contribution in [2.45, 2.75) is 27.4 Å². The van der Waals surface area contributed by atoms with Crippen LogP contribution >= 0.6 is 69.6 Å². The van der Waals surface area contributed by atoms with E-state index in [1.807, 2.05) is 6.07 Å². The molecule has 0 aliphatic heterocycles. The number of aromatic nitrogens is 1. The van der Waals surface area contributed by atoms with E-state index < -0.39 is 7.59 Å². The van der Waals surface area contributed by atoms with Crippen LogP contribution in [0, 0.1) is 0 Å². The van der Waals surface area contributed by atoms with E-state index in [4.69, 9.17) is 74.3 Å². The molecule has 120 valence electrons. The highest BCUT2D eigenvalue weighted by Gasteiger charge is 2.43. The van der Waals surface area contributed by atoms with Crippen LogP contribution in [-0.4, -0.2) is 26.0 Å². The summed E-state index contributed by atoms with van der Waals surface area (Å²) in [4.78, 5) is 14.5. The number of hydrogen-bond donors (Lipinski definition) is 0. The number of carbonyl (C=O) groups is 1. The predicted molar refractivity (Wildman–Crippen MR) is 90.8 cm³/mol. The van der Waals surface area contributed by atoms with Crippen molar-refractivity contribution in [3.63, 3.8) is 0 Å². The standard InChI is InChI=1S/C10H13NO2.C2Cl6/c1-3-4-8-5-6-9(7-12)11-10(8)13-2;3-1(4,5)2(6,7)8/h5-7H,3-4H2,1-2H3;. The molecular formula is C12H13Cl6NO2. The minimum absolute atomic E-state index is 0.414. The molecule has 9 heteroatoms. The summed E-state index contributed by atoms with van der Waals surface area (Å²) in [6, 6.07) is 3.60. The number of halogens is 6. The summed E-state index contributed by atoms with van der Waals surface area (Å²) in [7, 11) is 1.57. The highest BCUT2D eigenvalue weighted by atomic mass is 35.6. The lowest BCUT2D eigenvalue weighted by molar-refractivity contribution is 0.111. The summed E-state index contributed by atoms with van der Waals surface area (Å²) < 4.78 is 1.37. The minimum atomic E-state index is -1.85. The number of rotatable bonds is 4. The number of hydrogen-bond acceptors (Lipinski definition) is 3. The number of alkyl halides is 6. The van der Waals surface area contributed by atoms with Gasteiger partial charge in [0.25, 0.3) is 0 Å². The molecular weight excluding hydrogens is 403 g/mol. The van der Waals surface area contributed by atoms with E-state index in [9.17, 15) is 4.79 Å². The Bertz CT molecular complexity index is 444. The van der Waals surface area contributed by atoms with Gasteiger partial charge in [-0.1, -0.05) is 89.0 Å². The Hall–Kier alpha value is 0.360. The van der Waals surface area contributed by atoms with Crippen molar-refractivity contribution >= 4 is 75.9 Å². The van der Waals surface area contributed by atoms with Gasteiger partial charge in [-0.3, -0.25) is 4.79 Å².